The van der Waals surface area contributed by atoms with Gasteiger partial charge in [0, 0.05) is 35.4 Å². The summed E-state index contributed by atoms with van der Waals surface area (Å²) in [6.45, 7) is 5.66. The lowest BCUT2D eigenvalue weighted by atomic mass is 9.82. The standard InChI is InChI=1S/C27H28ClF3N4O5S/c1-16(2)40-21-9-8-17(28)12-19(21)18-13-22(32-14-20(18)27(29,30)31)34-41(38,39)24-7-4-6-23(33-24)35-11-5-10-26(3,15-35)25(36)37/h4,6-9,12-14,16H,5,10-11,15H2,1-3H3,(H,32,34)(H,36,37). The van der Waals surface area contributed by atoms with Crippen LogP contribution in [0.3, 0.4) is 0 Å². The second-order valence-electron chi connectivity index (χ2n) is 10.3. The Balaban J connectivity index is 1.71. The van der Waals surface area contributed by atoms with E-state index in [4.69, 9.17) is 16.3 Å². The van der Waals surface area contributed by atoms with Crippen LogP contribution in [0.5, 0.6) is 5.75 Å². The number of rotatable bonds is 8. The molecule has 0 radical (unpaired) electrons. The summed E-state index contributed by atoms with van der Waals surface area (Å²) in [5.74, 6) is -0.958. The first kappa shape index (κ1) is 30.4. The summed E-state index contributed by atoms with van der Waals surface area (Å²) >= 11 is 6.10. The molecule has 3 aromatic rings. The fraction of sp³-hybridized carbons (Fsp3) is 0.370. The molecule has 14 heteroatoms. The molecule has 41 heavy (non-hydrogen) atoms. The van der Waals surface area contributed by atoms with Crippen LogP contribution in [0.25, 0.3) is 11.1 Å². The van der Waals surface area contributed by atoms with Crippen molar-refractivity contribution in [2.24, 2.45) is 5.41 Å². The average Bonchev–Trinajstić information content (AvgIpc) is 2.88. The van der Waals surface area contributed by atoms with Gasteiger partial charge in [0.1, 0.15) is 17.4 Å². The number of benzene rings is 1. The van der Waals surface area contributed by atoms with E-state index in [-0.39, 0.29) is 46.2 Å². The SMILES string of the molecule is CC(C)Oc1ccc(Cl)cc1-c1cc(NS(=O)(=O)c2cccc(N3CCCC(C)(C(=O)O)C3)n2)ncc1C(F)(F)F. The van der Waals surface area contributed by atoms with Crippen LogP contribution in [-0.4, -0.2) is 48.7 Å². The molecule has 3 heterocycles. The predicted molar refractivity (Wildman–Crippen MR) is 148 cm³/mol. The number of aliphatic carboxylic acids is 1. The zero-order chi connectivity index (χ0) is 30.2. The topological polar surface area (TPSA) is 122 Å². The zero-order valence-corrected chi connectivity index (χ0v) is 23.9. The Kier molecular flexibility index (Phi) is 8.42. The molecular formula is C27H28ClF3N4O5S. The van der Waals surface area contributed by atoms with Gasteiger partial charge in [-0.05, 0) is 70.0 Å². The van der Waals surface area contributed by atoms with Gasteiger partial charge in [0.2, 0.25) is 0 Å². The van der Waals surface area contributed by atoms with Crippen LogP contribution in [0.4, 0.5) is 24.8 Å². The molecule has 220 valence electrons. The maximum Gasteiger partial charge on any atom is 0.418 e. The number of carboxylic acids is 1. The quantitative estimate of drug-likeness (QED) is 0.313. The van der Waals surface area contributed by atoms with Gasteiger partial charge in [-0.25, -0.2) is 9.97 Å². The normalized spacial score (nSPS) is 17.9. The van der Waals surface area contributed by atoms with Crippen LogP contribution in [0.1, 0.15) is 39.2 Å². The van der Waals surface area contributed by atoms with Gasteiger partial charge < -0.3 is 14.7 Å². The van der Waals surface area contributed by atoms with E-state index in [1.807, 2.05) is 0 Å². The van der Waals surface area contributed by atoms with Crippen LogP contribution in [-0.2, 0) is 21.0 Å². The van der Waals surface area contributed by atoms with Gasteiger partial charge in [0.15, 0.2) is 5.03 Å². The molecule has 1 aliphatic rings. The highest BCUT2D eigenvalue weighted by Crippen LogP contribution is 2.42. The third-order valence-electron chi connectivity index (χ3n) is 6.56. The molecule has 0 spiro atoms. The molecule has 2 aromatic heterocycles. The Morgan fingerprint density at radius 2 is 1.93 bits per heavy atom. The zero-order valence-electron chi connectivity index (χ0n) is 22.4. The Morgan fingerprint density at radius 3 is 2.59 bits per heavy atom. The van der Waals surface area contributed by atoms with E-state index in [0.717, 1.165) is 6.07 Å². The summed E-state index contributed by atoms with van der Waals surface area (Å²) < 4.78 is 76.4. The van der Waals surface area contributed by atoms with Crippen LogP contribution in [0.15, 0.2) is 53.7 Å². The van der Waals surface area contributed by atoms with Crippen molar-refractivity contribution >= 4 is 39.2 Å². The van der Waals surface area contributed by atoms with Crippen molar-refractivity contribution in [3.63, 3.8) is 0 Å². The minimum Gasteiger partial charge on any atom is -0.490 e. The molecule has 0 saturated carbocycles. The lowest BCUT2D eigenvalue weighted by Gasteiger charge is -2.38. The molecule has 1 unspecified atom stereocenters. The Morgan fingerprint density at radius 1 is 1.20 bits per heavy atom. The van der Waals surface area contributed by atoms with Gasteiger partial charge in [-0.2, -0.15) is 21.6 Å². The molecule has 9 nitrogen and oxygen atoms in total. The monoisotopic (exact) mass is 612 g/mol. The lowest BCUT2D eigenvalue weighted by Crippen LogP contribution is -2.46. The number of alkyl halides is 3. The van der Waals surface area contributed by atoms with Gasteiger partial charge >= 0.3 is 12.1 Å². The molecule has 1 aromatic carbocycles. The van der Waals surface area contributed by atoms with Crippen molar-refractivity contribution in [2.75, 3.05) is 22.7 Å². The largest absolute Gasteiger partial charge is 0.490 e. The van der Waals surface area contributed by atoms with E-state index in [2.05, 4.69) is 14.7 Å². The van der Waals surface area contributed by atoms with Crippen molar-refractivity contribution in [2.45, 2.75) is 50.9 Å². The van der Waals surface area contributed by atoms with E-state index in [0.29, 0.717) is 25.6 Å². The average molecular weight is 613 g/mol. The van der Waals surface area contributed by atoms with Gasteiger partial charge in [0.05, 0.1) is 17.1 Å². The van der Waals surface area contributed by atoms with Crippen molar-refractivity contribution in [3.05, 3.63) is 59.2 Å². The van der Waals surface area contributed by atoms with Crippen LogP contribution in [0.2, 0.25) is 5.02 Å². The number of carboxylic acid groups (broad SMARTS) is 1. The third-order valence-corrected chi connectivity index (χ3v) is 8.05. The molecule has 1 fully saturated rings. The minimum absolute atomic E-state index is 0.00748. The second-order valence-corrected chi connectivity index (χ2v) is 12.3. The molecule has 0 amide bonds. The smallest absolute Gasteiger partial charge is 0.418 e. The number of anilines is 2. The Labute approximate surface area is 240 Å². The van der Waals surface area contributed by atoms with E-state index in [1.165, 1.54) is 30.3 Å². The summed E-state index contributed by atoms with van der Waals surface area (Å²) in [5, 5.41) is 9.36. The number of piperidine rings is 1. The predicted octanol–water partition coefficient (Wildman–Crippen LogP) is 6.09. The maximum atomic E-state index is 14.0. The van der Waals surface area contributed by atoms with E-state index in [9.17, 15) is 31.5 Å². The molecule has 1 atom stereocenters. The van der Waals surface area contributed by atoms with Crippen molar-refractivity contribution in [3.8, 4) is 16.9 Å². The first-order chi connectivity index (χ1) is 19.1. The minimum atomic E-state index is -4.81. The van der Waals surface area contributed by atoms with Crippen molar-refractivity contribution in [1.82, 2.24) is 9.97 Å². The maximum absolute atomic E-state index is 14.0. The number of hydrogen-bond acceptors (Lipinski definition) is 7. The van der Waals surface area contributed by atoms with E-state index in [1.54, 1.807) is 31.7 Å². The number of nitrogens with one attached hydrogen (secondary N) is 1. The fourth-order valence-corrected chi connectivity index (χ4v) is 5.69. The number of nitrogens with zero attached hydrogens (tertiary/aromatic N) is 3. The van der Waals surface area contributed by atoms with Crippen LogP contribution < -0.4 is 14.4 Å². The van der Waals surface area contributed by atoms with Crippen molar-refractivity contribution in [1.29, 1.82) is 0 Å². The van der Waals surface area contributed by atoms with Crippen molar-refractivity contribution < 1.29 is 36.2 Å². The number of pyridine rings is 2. The highest BCUT2D eigenvalue weighted by atomic mass is 35.5. The molecule has 1 saturated heterocycles. The lowest BCUT2D eigenvalue weighted by molar-refractivity contribution is -0.148. The highest BCUT2D eigenvalue weighted by Gasteiger charge is 2.39. The van der Waals surface area contributed by atoms with Gasteiger partial charge in [-0.15, -0.1) is 0 Å². The third kappa shape index (κ3) is 6.84. The fourth-order valence-electron chi connectivity index (χ4n) is 4.56. The number of aromatic nitrogens is 2. The number of sulfonamides is 1. The first-order valence-corrected chi connectivity index (χ1v) is 14.5. The number of halogens is 4. The van der Waals surface area contributed by atoms with E-state index >= 15 is 0 Å². The number of carbonyl (C=O) groups is 1. The molecule has 2 N–H and O–H groups in total. The summed E-state index contributed by atoms with van der Waals surface area (Å²) in [7, 11) is -4.41. The molecule has 0 bridgehead atoms. The van der Waals surface area contributed by atoms with E-state index < -0.39 is 38.2 Å². The number of hydrogen-bond donors (Lipinski definition) is 2. The van der Waals surface area contributed by atoms with Gasteiger partial charge in [-0.1, -0.05) is 17.7 Å². The molecule has 1 aliphatic heterocycles. The Hall–Kier alpha value is -3.58. The van der Waals surface area contributed by atoms with Crippen LogP contribution in [0, 0.1) is 5.41 Å². The summed E-state index contributed by atoms with van der Waals surface area (Å²) in [6.07, 6.45) is -3.60. The molecular weight excluding hydrogens is 585 g/mol. The van der Waals surface area contributed by atoms with Gasteiger partial charge in [-0.3, -0.25) is 9.52 Å². The first-order valence-electron chi connectivity index (χ1n) is 12.6. The Bertz CT molecular complexity index is 1570. The molecule has 0 aliphatic carbocycles. The number of ether oxygens (including phenoxy) is 1. The molecule has 4 rings (SSSR count). The highest BCUT2D eigenvalue weighted by molar-refractivity contribution is 7.92. The summed E-state index contributed by atoms with van der Waals surface area (Å²) in [6, 6.07) is 9.42. The second kappa shape index (κ2) is 11.4. The summed E-state index contributed by atoms with van der Waals surface area (Å²) in [5.41, 5.74) is -2.51. The van der Waals surface area contributed by atoms with Crippen LogP contribution >= 0.6 is 11.6 Å². The van der Waals surface area contributed by atoms with Gasteiger partial charge in [0.25, 0.3) is 10.0 Å². The summed E-state index contributed by atoms with van der Waals surface area (Å²) in [4.78, 5) is 21.4.